The van der Waals surface area contributed by atoms with E-state index in [0.29, 0.717) is 27.9 Å². The zero-order valence-electron chi connectivity index (χ0n) is 10.4. The average molecular weight is 286 g/mol. The lowest BCUT2D eigenvalue weighted by Crippen LogP contribution is -2.38. The normalized spacial score (nSPS) is 23.9. The number of hydrogen-bond acceptors (Lipinski definition) is 2. The number of rotatable bonds is 3. The molecule has 0 aromatic heterocycles. The summed E-state index contributed by atoms with van der Waals surface area (Å²) < 4.78 is 0. The van der Waals surface area contributed by atoms with Crippen LogP contribution in [0.2, 0.25) is 10.0 Å². The number of nitrogens with one attached hydrogen (secondary N) is 1. The first-order valence-electron chi connectivity index (χ1n) is 6.28. The second-order valence-electron chi connectivity index (χ2n) is 5.04. The number of Topliss-reactive ketones (excluding diaryl/α,β-unsaturated/α-hetero) is 1. The maximum atomic E-state index is 12.1. The molecule has 4 heteroatoms. The Morgan fingerprint density at radius 2 is 2.17 bits per heavy atom. The fraction of sp³-hybridized carbons (Fsp3) is 0.500. The number of benzene rings is 1. The fourth-order valence-corrected chi connectivity index (χ4v) is 2.69. The smallest absolute Gasteiger partial charge is 0.164 e. The van der Waals surface area contributed by atoms with E-state index < -0.39 is 0 Å². The van der Waals surface area contributed by atoms with Gasteiger partial charge in [0.2, 0.25) is 0 Å². The van der Waals surface area contributed by atoms with Crippen molar-refractivity contribution in [3.63, 3.8) is 0 Å². The predicted molar refractivity (Wildman–Crippen MR) is 75.6 cm³/mol. The molecule has 0 aliphatic carbocycles. The van der Waals surface area contributed by atoms with Crippen LogP contribution >= 0.6 is 23.2 Å². The van der Waals surface area contributed by atoms with Gasteiger partial charge in [0, 0.05) is 18.0 Å². The third-order valence-electron chi connectivity index (χ3n) is 3.43. The first-order chi connectivity index (χ1) is 8.56. The summed E-state index contributed by atoms with van der Waals surface area (Å²) >= 11 is 11.8. The van der Waals surface area contributed by atoms with E-state index >= 15 is 0 Å². The lowest BCUT2D eigenvalue weighted by molar-refractivity contribution is 0.0959. The van der Waals surface area contributed by atoms with Crippen LogP contribution in [0, 0.1) is 5.92 Å². The second-order valence-corrected chi connectivity index (χ2v) is 5.85. The summed E-state index contributed by atoms with van der Waals surface area (Å²) in [6.45, 7) is 3.23. The van der Waals surface area contributed by atoms with Crippen molar-refractivity contribution in [3.8, 4) is 0 Å². The SMILES string of the molecule is CC1CCNC(CC(=O)c2ccc(Cl)c(Cl)c2)C1. The van der Waals surface area contributed by atoms with Crippen molar-refractivity contribution >= 4 is 29.0 Å². The largest absolute Gasteiger partial charge is 0.314 e. The third-order valence-corrected chi connectivity index (χ3v) is 4.17. The highest BCUT2D eigenvalue weighted by atomic mass is 35.5. The van der Waals surface area contributed by atoms with Crippen LogP contribution in [0.4, 0.5) is 0 Å². The standard InChI is InChI=1S/C14H17Cl2NO/c1-9-4-5-17-11(6-9)8-14(18)10-2-3-12(15)13(16)7-10/h2-3,7,9,11,17H,4-6,8H2,1H3. The van der Waals surface area contributed by atoms with Gasteiger partial charge >= 0.3 is 0 Å². The van der Waals surface area contributed by atoms with Gasteiger partial charge in [-0.25, -0.2) is 0 Å². The molecule has 1 aliphatic heterocycles. The molecule has 1 heterocycles. The molecule has 1 aromatic rings. The summed E-state index contributed by atoms with van der Waals surface area (Å²) in [5.74, 6) is 0.818. The Kier molecular flexibility index (Phi) is 4.66. The molecule has 2 nitrogen and oxygen atoms in total. The van der Waals surface area contributed by atoms with Crippen molar-refractivity contribution in [1.29, 1.82) is 0 Å². The van der Waals surface area contributed by atoms with Gasteiger partial charge < -0.3 is 5.32 Å². The van der Waals surface area contributed by atoms with Crippen molar-refractivity contribution in [2.24, 2.45) is 5.92 Å². The van der Waals surface area contributed by atoms with E-state index in [9.17, 15) is 4.79 Å². The van der Waals surface area contributed by atoms with Gasteiger partial charge in [-0.3, -0.25) is 4.79 Å². The molecule has 1 aliphatic rings. The predicted octanol–water partition coefficient (Wildman–Crippen LogP) is 3.95. The summed E-state index contributed by atoms with van der Waals surface area (Å²) in [7, 11) is 0. The molecule has 0 radical (unpaired) electrons. The number of hydrogen-bond donors (Lipinski definition) is 1. The summed E-state index contributed by atoms with van der Waals surface area (Å²) in [6, 6.07) is 5.35. The Morgan fingerprint density at radius 1 is 1.39 bits per heavy atom. The maximum absolute atomic E-state index is 12.1. The lowest BCUT2D eigenvalue weighted by atomic mass is 9.90. The fourth-order valence-electron chi connectivity index (χ4n) is 2.39. The molecule has 1 N–H and O–H groups in total. The molecule has 1 fully saturated rings. The molecule has 2 atom stereocenters. The van der Waals surface area contributed by atoms with Crippen molar-refractivity contribution in [3.05, 3.63) is 33.8 Å². The van der Waals surface area contributed by atoms with Crippen LogP contribution < -0.4 is 5.32 Å². The first kappa shape index (κ1) is 13.9. The van der Waals surface area contributed by atoms with Crippen LogP contribution in [0.15, 0.2) is 18.2 Å². The number of piperidine rings is 1. The zero-order chi connectivity index (χ0) is 13.1. The van der Waals surface area contributed by atoms with Crippen LogP contribution in [-0.2, 0) is 0 Å². The van der Waals surface area contributed by atoms with Gasteiger partial charge in [-0.1, -0.05) is 30.1 Å². The Morgan fingerprint density at radius 3 is 2.83 bits per heavy atom. The topological polar surface area (TPSA) is 29.1 Å². The van der Waals surface area contributed by atoms with E-state index in [1.165, 1.54) is 6.42 Å². The van der Waals surface area contributed by atoms with Gasteiger partial charge in [0.25, 0.3) is 0 Å². The Balaban J connectivity index is 2.00. The zero-order valence-corrected chi connectivity index (χ0v) is 11.9. The molecule has 1 saturated heterocycles. The van der Waals surface area contributed by atoms with Crippen molar-refractivity contribution in [2.75, 3.05) is 6.54 Å². The monoisotopic (exact) mass is 285 g/mol. The van der Waals surface area contributed by atoms with Gasteiger partial charge in [-0.05, 0) is 43.5 Å². The molecule has 1 aromatic carbocycles. The first-order valence-corrected chi connectivity index (χ1v) is 7.03. The van der Waals surface area contributed by atoms with Crippen LogP contribution in [0.25, 0.3) is 0 Å². The molecule has 2 unspecified atom stereocenters. The summed E-state index contributed by atoms with van der Waals surface area (Å²) in [5.41, 5.74) is 0.643. The highest BCUT2D eigenvalue weighted by Crippen LogP contribution is 2.24. The van der Waals surface area contributed by atoms with Crippen molar-refractivity contribution < 1.29 is 4.79 Å². The molecular weight excluding hydrogens is 269 g/mol. The van der Waals surface area contributed by atoms with Crippen LogP contribution in [0.3, 0.4) is 0 Å². The van der Waals surface area contributed by atoms with E-state index in [-0.39, 0.29) is 11.8 Å². The van der Waals surface area contributed by atoms with Gasteiger partial charge in [0.15, 0.2) is 5.78 Å². The molecular formula is C14H17Cl2NO. The second kappa shape index (κ2) is 6.05. The van der Waals surface area contributed by atoms with Gasteiger partial charge in [-0.2, -0.15) is 0 Å². The Labute approximate surface area is 118 Å². The number of carbonyl (C=O) groups is 1. The highest BCUT2D eigenvalue weighted by molar-refractivity contribution is 6.42. The summed E-state index contributed by atoms with van der Waals surface area (Å²) in [5, 5.41) is 4.32. The van der Waals surface area contributed by atoms with E-state index in [0.717, 1.165) is 13.0 Å². The quantitative estimate of drug-likeness (QED) is 0.852. The van der Waals surface area contributed by atoms with Gasteiger partial charge in [-0.15, -0.1) is 0 Å². The molecule has 0 amide bonds. The minimum absolute atomic E-state index is 0.125. The Bertz CT molecular complexity index is 447. The molecule has 0 bridgehead atoms. The van der Waals surface area contributed by atoms with E-state index in [1.54, 1.807) is 18.2 Å². The average Bonchev–Trinajstić information content (AvgIpc) is 2.32. The lowest BCUT2D eigenvalue weighted by Gasteiger charge is -2.27. The number of ketones is 1. The van der Waals surface area contributed by atoms with E-state index in [1.807, 2.05) is 0 Å². The van der Waals surface area contributed by atoms with Gasteiger partial charge in [0.05, 0.1) is 10.0 Å². The van der Waals surface area contributed by atoms with E-state index in [2.05, 4.69) is 12.2 Å². The highest BCUT2D eigenvalue weighted by Gasteiger charge is 2.21. The summed E-state index contributed by atoms with van der Waals surface area (Å²) in [6.07, 6.45) is 2.78. The van der Waals surface area contributed by atoms with Crippen LogP contribution in [0.5, 0.6) is 0 Å². The summed E-state index contributed by atoms with van der Waals surface area (Å²) in [4.78, 5) is 12.1. The molecule has 0 saturated carbocycles. The van der Waals surface area contributed by atoms with Gasteiger partial charge in [0.1, 0.15) is 0 Å². The molecule has 18 heavy (non-hydrogen) atoms. The number of carbonyl (C=O) groups excluding carboxylic acids is 1. The number of halogens is 2. The molecule has 98 valence electrons. The molecule has 2 rings (SSSR count). The van der Waals surface area contributed by atoms with E-state index in [4.69, 9.17) is 23.2 Å². The van der Waals surface area contributed by atoms with Crippen LogP contribution in [0.1, 0.15) is 36.5 Å². The third kappa shape index (κ3) is 3.47. The minimum atomic E-state index is 0.125. The minimum Gasteiger partial charge on any atom is -0.314 e. The van der Waals surface area contributed by atoms with Crippen molar-refractivity contribution in [1.82, 2.24) is 5.32 Å². The Hall–Kier alpha value is -0.570. The molecule has 0 spiro atoms. The van der Waals surface area contributed by atoms with Crippen molar-refractivity contribution in [2.45, 2.75) is 32.2 Å². The van der Waals surface area contributed by atoms with Crippen LogP contribution in [-0.4, -0.2) is 18.4 Å². The maximum Gasteiger partial charge on any atom is 0.164 e.